The summed E-state index contributed by atoms with van der Waals surface area (Å²) in [4.78, 5) is 25.2. The maximum absolute atomic E-state index is 12.7. The molecule has 0 spiro atoms. The average molecular weight is 383 g/mol. The number of ether oxygens (including phenoxy) is 1. The summed E-state index contributed by atoms with van der Waals surface area (Å²) < 4.78 is 31.7. The fraction of sp³-hybridized carbons (Fsp3) is 0.529. The summed E-state index contributed by atoms with van der Waals surface area (Å²) >= 11 is 0. The van der Waals surface area contributed by atoms with Gasteiger partial charge in [-0.1, -0.05) is 12.1 Å². The molecule has 144 valence electrons. The van der Waals surface area contributed by atoms with Crippen molar-refractivity contribution in [3.05, 3.63) is 29.8 Å². The summed E-state index contributed by atoms with van der Waals surface area (Å²) in [5, 5.41) is 2.99. The van der Waals surface area contributed by atoms with Crippen molar-refractivity contribution < 1.29 is 22.7 Å². The zero-order chi connectivity index (χ0) is 19.2. The van der Waals surface area contributed by atoms with Crippen molar-refractivity contribution in [3.63, 3.8) is 0 Å². The summed E-state index contributed by atoms with van der Waals surface area (Å²) in [6.07, 6.45) is 0. The average Bonchev–Trinajstić information content (AvgIpc) is 2.65. The van der Waals surface area contributed by atoms with E-state index in [1.54, 1.807) is 12.0 Å². The highest BCUT2D eigenvalue weighted by Gasteiger charge is 2.29. The Hall–Kier alpha value is -1.81. The lowest BCUT2D eigenvalue weighted by atomic mass is 10.2. The Morgan fingerprint density at radius 3 is 2.27 bits per heavy atom. The van der Waals surface area contributed by atoms with Gasteiger partial charge in [-0.15, -0.1) is 0 Å². The Balaban J connectivity index is 1.91. The van der Waals surface area contributed by atoms with Gasteiger partial charge in [0.25, 0.3) is 0 Å². The molecule has 0 aliphatic carbocycles. The standard InChI is InChI=1S/C17H25N3O5S/c1-14(21)15-3-5-16(6-4-15)26(23,24)20-10-8-19(9-11-20)17(22)13-18-7-12-25-2/h3-6,18H,7-13H2,1-2H3. The molecule has 1 aromatic rings. The van der Waals surface area contributed by atoms with Crippen molar-refractivity contribution >= 4 is 21.7 Å². The summed E-state index contributed by atoms with van der Waals surface area (Å²) in [7, 11) is -2.03. The highest BCUT2D eigenvalue weighted by atomic mass is 32.2. The van der Waals surface area contributed by atoms with E-state index in [4.69, 9.17) is 4.74 Å². The van der Waals surface area contributed by atoms with Crippen molar-refractivity contribution in [2.24, 2.45) is 0 Å². The molecule has 1 N–H and O–H groups in total. The van der Waals surface area contributed by atoms with Gasteiger partial charge in [-0.3, -0.25) is 9.59 Å². The van der Waals surface area contributed by atoms with Crippen molar-refractivity contribution in [2.75, 3.05) is 53.0 Å². The maximum Gasteiger partial charge on any atom is 0.243 e. The van der Waals surface area contributed by atoms with Gasteiger partial charge >= 0.3 is 0 Å². The number of hydrogen-bond acceptors (Lipinski definition) is 6. The molecule has 0 aromatic heterocycles. The van der Waals surface area contributed by atoms with E-state index in [1.165, 1.54) is 35.5 Å². The second kappa shape index (κ2) is 9.22. The molecular weight excluding hydrogens is 358 g/mol. The number of amides is 1. The topological polar surface area (TPSA) is 96.0 Å². The van der Waals surface area contributed by atoms with Crippen LogP contribution in [0.1, 0.15) is 17.3 Å². The Morgan fingerprint density at radius 1 is 1.12 bits per heavy atom. The molecule has 0 saturated carbocycles. The van der Waals surface area contributed by atoms with E-state index in [1.807, 2.05) is 0 Å². The third-order valence-electron chi connectivity index (χ3n) is 4.25. The Kier molecular flexibility index (Phi) is 7.27. The van der Waals surface area contributed by atoms with E-state index in [2.05, 4.69) is 5.32 Å². The molecule has 1 aliphatic rings. The minimum atomic E-state index is -3.63. The summed E-state index contributed by atoms with van der Waals surface area (Å²) in [6.45, 7) is 3.98. The van der Waals surface area contributed by atoms with Crippen molar-refractivity contribution in [2.45, 2.75) is 11.8 Å². The molecule has 9 heteroatoms. The van der Waals surface area contributed by atoms with Gasteiger partial charge in [-0.2, -0.15) is 4.31 Å². The molecule has 0 radical (unpaired) electrons. The van der Waals surface area contributed by atoms with Gasteiger partial charge in [-0.05, 0) is 19.1 Å². The van der Waals surface area contributed by atoms with E-state index in [0.717, 1.165) is 0 Å². The highest BCUT2D eigenvalue weighted by molar-refractivity contribution is 7.89. The number of hydrogen-bond donors (Lipinski definition) is 1. The first kappa shape index (κ1) is 20.5. The van der Waals surface area contributed by atoms with Gasteiger partial charge in [0, 0.05) is 45.4 Å². The van der Waals surface area contributed by atoms with Crippen LogP contribution >= 0.6 is 0 Å². The number of ketones is 1. The number of piperazine rings is 1. The smallest absolute Gasteiger partial charge is 0.243 e. The fourth-order valence-corrected chi connectivity index (χ4v) is 4.09. The summed E-state index contributed by atoms with van der Waals surface area (Å²) in [5.74, 6) is -0.163. The first-order valence-electron chi connectivity index (χ1n) is 8.45. The lowest BCUT2D eigenvalue weighted by molar-refractivity contribution is -0.131. The van der Waals surface area contributed by atoms with Crippen LogP contribution < -0.4 is 5.32 Å². The predicted octanol–water partition coefficient (Wildman–Crippen LogP) is -0.0419. The number of methoxy groups -OCH3 is 1. The van der Waals surface area contributed by atoms with Crippen LogP contribution in [0.2, 0.25) is 0 Å². The number of rotatable bonds is 8. The molecule has 1 amide bonds. The second-order valence-corrected chi connectivity index (χ2v) is 7.97. The van der Waals surface area contributed by atoms with Crippen molar-refractivity contribution in [1.29, 1.82) is 0 Å². The third-order valence-corrected chi connectivity index (χ3v) is 6.16. The van der Waals surface area contributed by atoms with E-state index in [9.17, 15) is 18.0 Å². The van der Waals surface area contributed by atoms with Crippen LogP contribution in [-0.4, -0.2) is 82.3 Å². The van der Waals surface area contributed by atoms with E-state index in [-0.39, 0.29) is 36.2 Å². The highest BCUT2D eigenvalue weighted by Crippen LogP contribution is 2.18. The first-order valence-corrected chi connectivity index (χ1v) is 9.89. The molecule has 0 atom stereocenters. The van der Waals surface area contributed by atoms with Gasteiger partial charge in [-0.25, -0.2) is 8.42 Å². The zero-order valence-corrected chi connectivity index (χ0v) is 15.9. The minimum absolute atomic E-state index is 0.0519. The number of sulfonamides is 1. The number of Topliss-reactive ketones (excluding diaryl/α,β-unsaturated/α-hetero) is 1. The van der Waals surface area contributed by atoms with Crippen molar-refractivity contribution in [1.82, 2.24) is 14.5 Å². The molecule has 1 saturated heterocycles. The van der Waals surface area contributed by atoms with E-state index in [0.29, 0.717) is 31.8 Å². The molecule has 1 aliphatic heterocycles. The van der Waals surface area contributed by atoms with Crippen LogP contribution in [0.25, 0.3) is 0 Å². The monoisotopic (exact) mass is 383 g/mol. The molecule has 1 heterocycles. The van der Waals surface area contributed by atoms with E-state index < -0.39 is 10.0 Å². The predicted molar refractivity (Wildman–Crippen MR) is 96.5 cm³/mol. The van der Waals surface area contributed by atoms with Crippen LogP contribution in [0.3, 0.4) is 0 Å². The number of carbonyl (C=O) groups excluding carboxylic acids is 2. The normalized spacial score (nSPS) is 15.8. The quantitative estimate of drug-likeness (QED) is 0.500. The lowest BCUT2D eigenvalue weighted by Crippen LogP contribution is -2.52. The van der Waals surface area contributed by atoms with E-state index >= 15 is 0 Å². The van der Waals surface area contributed by atoms with Gasteiger partial charge in [0.15, 0.2) is 5.78 Å². The number of carbonyl (C=O) groups is 2. The Labute approximate surface area is 154 Å². The van der Waals surface area contributed by atoms with Gasteiger partial charge in [0.1, 0.15) is 0 Å². The van der Waals surface area contributed by atoms with Crippen LogP contribution in [-0.2, 0) is 19.6 Å². The van der Waals surface area contributed by atoms with Crippen molar-refractivity contribution in [3.8, 4) is 0 Å². The molecule has 2 rings (SSSR count). The second-order valence-electron chi connectivity index (χ2n) is 6.04. The maximum atomic E-state index is 12.7. The van der Waals surface area contributed by atoms with Gasteiger partial charge < -0.3 is 15.0 Å². The Bertz CT molecular complexity index is 725. The van der Waals surface area contributed by atoms with Gasteiger partial charge in [0.05, 0.1) is 18.0 Å². The van der Waals surface area contributed by atoms with Gasteiger partial charge in [0.2, 0.25) is 15.9 Å². The van der Waals surface area contributed by atoms with Crippen LogP contribution in [0.4, 0.5) is 0 Å². The molecule has 8 nitrogen and oxygen atoms in total. The molecule has 1 aromatic carbocycles. The summed E-state index contributed by atoms with van der Waals surface area (Å²) in [6, 6.07) is 5.92. The molecule has 0 bridgehead atoms. The number of nitrogens with one attached hydrogen (secondary N) is 1. The zero-order valence-electron chi connectivity index (χ0n) is 15.1. The summed E-state index contributed by atoms with van der Waals surface area (Å²) in [5.41, 5.74) is 0.473. The number of nitrogens with zero attached hydrogens (tertiary/aromatic N) is 2. The molecule has 0 unspecified atom stereocenters. The third kappa shape index (κ3) is 5.10. The minimum Gasteiger partial charge on any atom is -0.383 e. The molecular formula is C17H25N3O5S. The molecule has 1 fully saturated rings. The lowest BCUT2D eigenvalue weighted by Gasteiger charge is -2.34. The fourth-order valence-electron chi connectivity index (χ4n) is 2.67. The Morgan fingerprint density at radius 2 is 1.73 bits per heavy atom. The van der Waals surface area contributed by atoms with Crippen LogP contribution in [0.5, 0.6) is 0 Å². The number of benzene rings is 1. The largest absolute Gasteiger partial charge is 0.383 e. The first-order chi connectivity index (χ1) is 12.4. The molecule has 26 heavy (non-hydrogen) atoms. The van der Waals surface area contributed by atoms with Crippen LogP contribution in [0.15, 0.2) is 29.2 Å². The van der Waals surface area contributed by atoms with Crippen LogP contribution in [0, 0.1) is 0 Å². The SMILES string of the molecule is COCCNCC(=O)N1CCN(S(=O)(=O)c2ccc(C(C)=O)cc2)CC1.